The third kappa shape index (κ3) is 5.93. The Labute approximate surface area is 194 Å². The van der Waals surface area contributed by atoms with E-state index in [1.165, 1.54) is 24.9 Å². The van der Waals surface area contributed by atoms with Gasteiger partial charge in [0.05, 0.1) is 6.04 Å². The fourth-order valence-electron chi connectivity index (χ4n) is 4.74. The maximum Gasteiger partial charge on any atom is 0.300 e. The Morgan fingerprint density at radius 3 is 2.38 bits per heavy atom. The zero-order chi connectivity index (χ0) is 22.9. The molecule has 0 aromatic heterocycles. The second kappa shape index (κ2) is 12.1. The average molecular weight is 440 g/mol. The quantitative estimate of drug-likeness (QED) is 0.397. The number of ether oxygens (including phenoxy) is 1. The molecule has 5 heteroatoms. The molecule has 1 aromatic carbocycles. The number of hydrogen-bond acceptors (Lipinski definition) is 4. The number of nitrogens with zero attached hydrogens (tertiary/aromatic N) is 3. The predicted molar refractivity (Wildman–Crippen MR) is 134 cm³/mol. The number of amides is 1. The van der Waals surface area contributed by atoms with Crippen LogP contribution in [0.2, 0.25) is 0 Å². The fraction of sp³-hybridized carbons (Fsp3) is 0.630. The standard InChI is InChI=1S/C27H41N3O2/c1-5-9-15-23(6-2)30-26(31)25(32-27(30)28-22-13-11-10-12-14-22)20-21-16-18-24(19-17-21)29(7-3)8-4/h16-20,22-23H,5-15H2,1-4H3/b25-20+,28-27?. The Bertz CT molecular complexity index is 790. The zero-order valence-corrected chi connectivity index (χ0v) is 20.5. The molecule has 0 spiro atoms. The van der Waals surface area contributed by atoms with Gasteiger partial charge >= 0.3 is 6.02 Å². The van der Waals surface area contributed by atoms with E-state index in [2.05, 4.69) is 56.9 Å². The van der Waals surface area contributed by atoms with Crippen molar-refractivity contribution in [3.05, 3.63) is 35.6 Å². The molecule has 3 rings (SSSR count). The molecule has 32 heavy (non-hydrogen) atoms. The summed E-state index contributed by atoms with van der Waals surface area (Å²) in [6.45, 7) is 10.6. The molecule has 0 N–H and O–H groups in total. The first-order valence-corrected chi connectivity index (χ1v) is 12.8. The summed E-state index contributed by atoms with van der Waals surface area (Å²) in [5.74, 6) is 0.348. The Morgan fingerprint density at radius 2 is 1.78 bits per heavy atom. The molecule has 0 bridgehead atoms. The first-order valence-electron chi connectivity index (χ1n) is 12.8. The van der Waals surface area contributed by atoms with Gasteiger partial charge in [-0.05, 0) is 63.3 Å². The third-order valence-electron chi connectivity index (χ3n) is 6.75. The molecule has 1 aliphatic carbocycles. The van der Waals surface area contributed by atoms with Crippen molar-refractivity contribution in [2.75, 3.05) is 18.0 Å². The van der Waals surface area contributed by atoms with E-state index in [0.29, 0.717) is 11.8 Å². The molecule has 1 saturated heterocycles. The summed E-state index contributed by atoms with van der Waals surface area (Å²) in [5.41, 5.74) is 2.17. The first-order chi connectivity index (χ1) is 15.6. The van der Waals surface area contributed by atoms with Crippen LogP contribution in [0, 0.1) is 0 Å². The number of carbonyl (C=O) groups is 1. The summed E-state index contributed by atoms with van der Waals surface area (Å²) in [4.78, 5) is 22.5. The molecule has 1 atom stereocenters. The zero-order valence-electron chi connectivity index (χ0n) is 20.5. The van der Waals surface area contributed by atoms with Crippen LogP contribution < -0.4 is 4.90 Å². The minimum atomic E-state index is -0.0460. The van der Waals surface area contributed by atoms with Crippen LogP contribution >= 0.6 is 0 Å². The maximum absolute atomic E-state index is 13.4. The van der Waals surface area contributed by atoms with Crippen LogP contribution in [0.4, 0.5) is 5.69 Å². The van der Waals surface area contributed by atoms with Crippen molar-refractivity contribution in [1.29, 1.82) is 0 Å². The first kappa shape index (κ1) is 24.3. The number of hydrogen-bond donors (Lipinski definition) is 0. The molecule has 1 unspecified atom stereocenters. The van der Waals surface area contributed by atoms with Crippen molar-refractivity contribution in [2.45, 2.75) is 97.6 Å². The molecular formula is C27H41N3O2. The molecule has 1 saturated carbocycles. The van der Waals surface area contributed by atoms with E-state index in [0.717, 1.165) is 57.2 Å². The SMILES string of the molecule is CCCCC(CC)N1C(=O)/C(=C\c2ccc(N(CC)CC)cc2)OC1=NC1CCCCC1. The maximum atomic E-state index is 13.4. The van der Waals surface area contributed by atoms with Gasteiger partial charge in [-0.1, -0.05) is 58.1 Å². The summed E-state index contributed by atoms with van der Waals surface area (Å²) in [6, 6.07) is 9.29. The summed E-state index contributed by atoms with van der Waals surface area (Å²) < 4.78 is 6.15. The Morgan fingerprint density at radius 1 is 1.09 bits per heavy atom. The molecule has 1 aromatic rings. The summed E-state index contributed by atoms with van der Waals surface area (Å²) in [6.07, 6.45) is 11.9. The predicted octanol–water partition coefficient (Wildman–Crippen LogP) is 6.39. The second-order valence-electron chi connectivity index (χ2n) is 8.96. The lowest BCUT2D eigenvalue weighted by molar-refractivity contribution is -0.124. The van der Waals surface area contributed by atoms with Gasteiger partial charge in [-0.15, -0.1) is 0 Å². The lowest BCUT2D eigenvalue weighted by Crippen LogP contribution is -2.40. The monoisotopic (exact) mass is 439 g/mol. The van der Waals surface area contributed by atoms with Crippen LogP contribution in [0.1, 0.15) is 91.0 Å². The van der Waals surface area contributed by atoms with Gasteiger partial charge in [0.25, 0.3) is 5.91 Å². The number of rotatable bonds is 10. The van der Waals surface area contributed by atoms with E-state index < -0.39 is 0 Å². The number of anilines is 1. The topological polar surface area (TPSA) is 45.1 Å². The summed E-state index contributed by atoms with van der Waals surface area (Å²) >= 11 is 0. The molecule has 1 heterocycles. The van der Waals surface area contributed by atoms with Gasteiger partial charge in [0.2, 0.25) is 0 Å². The van der Waals surface area contributed by atoms with Gasteiger partial charge in [-0.2, -0.15) is 0 Å². The molecular weight excluding hydrogens is 398 g/mol. The fourth-order valence-corrected chi connectivity index (χ4v) is 4.74. The van der Waals surface area contributed by atoms with Gasteiger partial charge in [0.15, 0.2) is 5.76 Å². The Hall–Kier alpha value is -2.30. The van der Waals surface area contributed by atoms with E-state index in [9.17, 15) is 4.79 Å². The van der Waals surface area contributed by atoms with Gasteiger partial charge in [-0.25, -0.2) is 4.99 Å². The van der Waals surface area contributed by atoms with Gasteiger partial charge in [-0.3, -0.25) is 9.69 Å². The van der Waals surface area contributed by atoms with Gasteiger partial charge in [0, 0.05) is 24.8 Å². The largest absolute Gasteiger partial charge is 0.420 e. The van der Waals surface area contributed by atoms with Crippen molar-refractivity contribution < 1.29 is 9.53 Å². The highest BCUT2D eigenvalue weighted by Gasteiger charge is 2.39. The highest BCUT2D eigenvalue weighted by Crippen LogP contribution is 2.29. The number of carbonyl (C=O) groups excluding carboxylic acids is 1. The number of aliphatic imine (C=N–C) groups is 1. The summed E-state index contributed by atoms with van der Waals surface area (Å²) in [7, 11) is 0. The Kier molecular flexibility index (Phi) is 9.19. The molecule has 5 nitrogen and oxygen atoms in total. The lowest BCUT2D eigenvalue weighted by Gasteiger charge is -2.26. The van der Waals surface area contributed by atoms with Crippen molar-refractivity contribution in [3.8, 4) is 0 Å². The van der Waals surface area contributed by atoms with Crippen molar-refractivity contribution in [1.82, 2.24) is 4.90 Å². The second-order valence-corrected chi connectivity index (χ2v) is 8.96. The number of benzene rings is 1. The van der Waals surface area contributed by atoms with Crippen LogP contribution in [-0.2, 0) is 9.53 Å². The molecule has 1 aliphatic heterocycles. The normalized spacial score (nSPS) is 20.8. The van der Waals surface area contributed by atoms with E-state index >= 15 is 0 Å². The van der Waals surface area contributed by atoms with Crippen LogP contribution in [0.5, 0.6) is 0 Å². The van der Waals surface area contributed by atoms with Crippen LogP contribution in [0.15, 0.2) is 35.0 Å². The van der Waals surface area contributed by atoms with Crippen molar-refractivity contribution in [3.63, 3.8) is 0 Å². The summed E-state index contributed by atoms with van der Waals surface area (Å²) in [5, 5.41) is 0. The van der Waals surface area contributed by atoms with E-state index in [1.54, 1.807) is 0 Å². The highest BCUT2D eigenvalue weighted by molar-refractivity contribution is 6.11. The number of amidine groups is 1. The minimum Gasteiger partial charge on any atom is -0.420 e. The van der Waals surface area contributed by atoms with Gasteiger partial charge in [0.1, 0.15) is 0 Å². The lowest BCUT2D eigenvalue weighted by atomic mass is 9.96. The third-order valence-corrected chi connectivity index (χ3v) is 6.75. The molecule has 2 fully saturated rings. The van der Waals surface area contributed by atoms with E-state index in [1.807, 2.05) is 11.0 Å². The van der Waals surface area contributed by atoms with Gasteiger partial charge < -0.3 is 9.64 Å². The van der Waals surface area contributed by atoms with Crippen LogP contribution in [-0.4, -0.2) is 42.0 Å². The smallest absolute Gasteiger partial charge is 0.300 e. The van der Waals surface area contributed by atoms with E-state index in [-0.39, 0.29) is 18.0 Å². The molecule has 176 valence electrons. The minimum absolute atomic E-state index is 0.0460. The highest BCUT2D eigenvalue weighted by atomic mass is 16.5. The van der Waals surface area contributed by atoms with Crippen LogP contribution in [0.3, 0.4) is 0 Å². The molecule has 2 aliphatic rings. The molecule has 0 radical (unpaired) electrons. The van der Waals surface area contributed by atoms with Crippen LogP contribution in [0.25, 0.3) is 6.08 Å². The number of unbranched alkanes of at least 4 members (excludes halogenated alkanes) is 1. The Balaban J connectivity index is 1.86. The van der Waals surface area contributed by atoms with E-state index in [4.69, 9.17) is 9.73 Å². The van der Waals surface area contributed by atoms with Crippen molar-refractivity contribution in [2.24, 2.45) is 4.99 Å². The average Bonchev–Trinajstić information content (AvgIpc) is 3.11. The van der Waals surface area contributed by atoms with Crippen molar-refractivity contribution >= 4 is 23.7 Å². The molecule has 1 amide bonds.